The minimum absolute atomic E-state index is 0.950. The Balaban J connectivity index is 1.80. The van der Waals surface area contributed by atoms with E-state index >= 15 is 0 Å². The molecule has 13 heavy (non-hydrogen) atoms. The van der Waals surface area contributed by atoms with E-state index in [2.05, 4.69) is 11.3 Å². The van der Waals surface area contributed by atoms with Crippen molar-refractivity contribution in [3.8, 4) is 0 Å². The highest BCUT2D eigenvalue weighted by atomic mass is 15.2. The standard InChI is InChI=1S/C12H22N/c1-2-6-10-13(11-7-3-1)12-8-4-5-9-12/h2,12H,1,3-11H2. The van der Waals surface area contributed by atoms with Crippen molar-refractivity contribution in [2.75, 3.05) is 13.1 Å². The maximum absolute atomic E-state index is 2.75. The second kappa shape index (κ2) is 4.99. The maximum Gasteiger partial charge on any atom is 0.00952 e. The quantitative estimate of drug-likeness (QED) is 0.599. The van der Waals surface area contributed by atoms with Crippen LogP contribution in [0.2, 0.25) is 0 Å². The van der Waals surface area contributed by atoms with Gasteiger partial charge in [-0.1, -0.05) is 25.7 Å². The Bertz CT molecular complexity index is 130. The Labute approximate surface area is 82.5 Å². The molecule has 1 nitrogen and oxygen atoms in total. The van der Waals surface area contributed by atoms with Crippen molar-refractivity contribution in [3.05, 3.63) is 6.42 Å². The van der Waals surface area contributed by atoms with Gasteiger partial charge in [-0.05, 0) is 45.2 Å². The number of hydrogen-bond acceptors (Lipinski definition) is 1. The van der Waals surface area contributed by atoms with Gasteiger partial charge in [0, 0.05) is 6.04 Å². The molecule has 0 spiro atoms. The highest BCUT2D eigenvalue weighted by Crippen LogP contribution is 2.25. The number of nitrogens with zero attached hydrogens (tertiary/aromatic N) is 1. The lowest BCUT2D eigenvalue weighted by molar-refractivity contribution is 0.190. The van der Waals surface area contributed by atoms with Gasteiger partial charge < -0.3 is 4.90 Å². The third-order valence-electron chi connectivity index (χ3n) is 3.57. The van der Waals surface area contributed by atoms with E-state index in [0.717, 1.165) is 6.04 Å². The summed E-state index contributed by atoms with van der Waals surface area (Å²) < 4.78 is 0. The molecular weight excluding hydrogens is 158 g/mol. The van der Waals surface area contributed by atoms with Crippen LogP contribution in [0, 0.1) is 6.42 Å². The zero-order valence-corrected chi connectivity index (χ0v) is 8.67. The summed E-state index contributed by atoms with van der Waals surface area (Å²) in [5.74, 6) is 0. The second-order valence-electron chi connectivity index (χ2n) is 4.55. The molecule has 0 unspecified atom stereocenters. The lowest BCUT2D eigenvalue weighted by atomic mass is 10.1. The summed E-state index contributed by atoms with van der Waals surface area (Å²) >= 11 is 0. The fraction of sp³-hybridized carbons (Fsp3) is 0.917. The Hall–Kier alpha value is -0.0400. The van der Waals surface area contributed by atoms with Gasteiger partial charge in [-0.15, -0.1) is 0 Å². The molecule has 0 aromatic carbocycles. The smallest absolute Gasteiger partial charge is 0.00952 e. The van der Waals surface area contributed by atoms with Gasteiger partial charge in [-0.25, -0.2) is 0 Å². The minimum Gasteiger partial charge on any atom is -0.300 e. The van der Waals surface area contributed by atoms with E-state index < -0.39 is 0 Å². The molecule has 2 rings (SSSR count). The fourth-order valence-electron chi connectivity index (χ4n) is 2.75. The molecule has 1 radical (unpaired) electrons. The predicted octanol–water partition coefficient (Wildman–Crippen LogP) is 3.01. The van der Waals surface area contributed by atoms with Crippen molar-refractivity contribution in [1.29, 1.82) is 0 Å². The molecule has 1 saturated heterocycles. The molecule has 75 valence electrons. The van der Waals surface area contributed by atoms with Crippen molar-refractivity contribution < 1.29 is 0 Å². The van der Waals surface area contributed by atoms with Gasteiger partial charge in [0.25, 0.3) is 0 Å². The molecule has 0 amide bonds. The molecule has 1 aliphatic carbocycles. The van der Waals surface area contributed by atoms with E-state index in [1.165, 1.54) is 64.5 Å². The molecule has 1 heterocycles. The molecule has 0 aromatic rings. The summed E-state index contributed by atoms with van der Waals surface area (Å²) in [7, 11) is 0. The lowest BCUT2D eigenvalue weighted by Crippen LogP contribution is -2.35. The van der Waals surface area contributed by atoms with Crippen LogP contribution >= 0.6 is 0 Å². The third kappa shape index (κ3) is 2.70. The van der Waals surface area contributed by atoms with Crippen LogP contribution in [0.1, 0.15) is 51.4 Å². The van der Waals surface area contributed by atoms with Gasteiger partial charge in [0.1, 0.15) is 0 Å². The Morgan fingerprint density at radius 1 is 0.846 bits per heavy atom. The summed E-state index contributed by atoms with van der Waals surface area (Å²) in [5, 5.41) is 0. The molecule has 0 aromatic heterocycles. The van der Waals surface area contributed by atoms with E-state index in [9.17, 15) is 0 Å². The zero-order chi connectivity index (χ0) is 8.93. The highest BCUT2D eigenvalue weighted by Gasteiger charge is 2.22. The first-order valence-corrected chi connectivity index (χ1v) is 6.02. The van der Waals surface area contributed by atoms with Gasteiger partial charge in [0.05, 0.1) is 0 Å². The monoisotopic (exact) mass is 180 g/mol. The van der Waals surface area contributed by atoms with Crippen molar-refractivity contribution in [2.45, 2.75) is 57.4 Å². The molecule has 2 aliphatic rings. The molecule has 1 heteroatoms. The van der Waals surface area contributed by atoms with Crippen molar-refractivity contribution in [3.63, 3.8) is 0 Å². The summed E-state index contributed by atoms with van der Waals surface area (Å²) in [6.45, 7) is 2.71. The second-order valence-corrected chi connectivity index (χ2v) is 4.55. The Morgan fingerprint density at radius 3 is 2.54 bits per heavy atom. The summed E-state index contributed by atoms with van der Waals surface area (Å²) in [5.41, 5.74) is 0. The minimum atomic E-state index is 0.950. The van der Waals surface area contributed by atoms with Crippen molar-refractivity contribution in [2.24, 2.45) is 0 Å². The molecule has 1 saturated carbocycles. The topological polar surface area (TPSA) is 3.24 Å². The van der Waals surface area contributed by atoms with E-state index in [4.69, 9.17) is 0 Å². The van der Waals surface area contributed by atoms with E-state index in [1.54, 1.807) is 0 Å². The maximum atomic E-state index is 2.75. The van der Waals surface area contributed by atoms with Crippen LogP contribution in [0.4, 0.5) is 0 Å². The van der Waals surface area contributed by atoms with Crippen LogP contribution in [0.15, 0.2) is 0 Å². The van der Waals surface area contributed by atoms with Crippen LogP contribution in [-0.2, 0) is 0 Å². The SMILES string of the molecule is [CH]1CCCCN(C2CCCC2)CC1. The van der Waals surface area contributed by atoms with Crippen molar-refractivity contribution >= 4 is 0 Å². The first-order chi connectivity index (χ1) is 6.47. The summed E-state index contributed by atoms with van der Waals surface area (Å²) in [6, 6.07) is 0.950. The fourth-order valence-corrected chi connectivity index (χ4v) is 2.75. The molecular formula is C12H22N. The normalized spacial score (nSPS) is 28.6. The molecule has 2 fully saturated rings. The van der Waals surface area contributed by atoms with E-state index in [0.29, 0.717) is 0 Å². The summed E-state index contributed by atoms with van der Waals surface area (Å²) in [6.07, 6.45) is 13.9. The molecule has 0 bridgehead atoms. The molecule has 0 N–H and O–H groups in total. The van der Waals surface area contributed by atoms with Crippen molar-refractivity contribution in [1.82, 2.24) is 4.90 Å². The van der Waals surface area contributed by atoms with Gasteiger partial charge in [0.2, 0.25) is 0 Å². The molecule has 1 aliphatic heterocycles. The average Bonchev–Trinajstić information content (AvgIpc) is 2.55. The first-order valence-electron chi connectivity index (χ1n) is 6.02. The Kier molecular flexibility index (Phi) is 3.65. The van der Waals surface area contributed by atoms with Crippen LogP contribution in [-0.4, -0.2) is 24.0 Å². The summed E-state index contributed by atoms with van der Waals surface area (Å²) in [4.78, 5) is 2.75. The van der Waals surface area contributed by atoms with E-state index in [1.807, 2.05) is 0 Å². The average molecular weight is 180 g/mol. The lowest BCUT2D eigenvalue weighted by Gasteiger charge is -2.30. The first kappa shape index (κ1) is 9.51. The predicted molar refractivity (Wildman–Crippen MR) is 56.6 cm³/mol. The molecule has 0 atom stereocenters. The van der Waals surface area contributed by atoms with Gasteiger partial charge in [0.15, 0.2) is 0 Å². The highest BCUT2D eigenvalue weighted by molar-refractivity contribution is 4.80. The Morgan fingerprint density at radius 2 is 1.69 bits per heavy atom. The number of hydrogen-bond donors (Lipinski definition) is 0. The van der Waals surface area contributed by atoms with Gasteiger partial charge in [-0.3, -0.25) is 0 Å². The van der Waals surface area contributed by atoms with Crippen LogP contribution in [0.5, 0.6) is 0 Å². The zero-order valence-electron chi connectivity index (χ0n) is 8.67. The number of likely N-dealkylation sites (tertiary alicyclic amines) is 1. The largest absolute Gasteiger partial charge is 0.300 e. The van der Waals surface area contributed by atoms with E-state index in [-0.39, 0.29) is 0 Å². The van der Waals surface area contributed by atoms with Crippen LogP contribution in [0.25, 0.3) is 0 Å². The van der Waals surface area contributed by atoms with Crippen LogP contribution < -0.4 is 0 Å². The van der Waals surface area contributed by atoms with Gasteiger partial charge >= 0.3 is 0 Å². The van der Waals surface area contributed by atoms with Crippen LogP contribution in [0.3, 0.4) is 0 Å². The van der Waals surface area contributed by atoms with Gasteiger partial charge in [-0.2, -0.15) is 0 Å². The number of rotatable bonds is 1. The third-order valence-corrected chi connectivity index (χ3v) is 3.57.